The molecule has 5 rings (SSSR count). The van der Waals surface area contributed by atoms with E-state index in [4.69, 9.17) is 9.47 Å². The summed E-state index contributed by atoms with van der Waals surface area (Å²) in [7, 11) is 0. The lowest BCUT2D eigenvalue weighted by Gasteiger charge is -2.24. The van der Waals surface area contributed by atoms with Crippen LogP contribution in [-0.2, 0) is 25.6 Å². The number of hydrogen-bond acceptors (Lipinski definition) is 8. The van der Waals surface area contributed by atoms with Crippen LogP contribution in [0.4, 0.5) is 10.1 Å². The molecule has 3 aromatic rings. The van der Waals surface area contributed by atoms with Gasteiger partial charge in [0.25, 0.3) is 5.91 Å². The molecule has 208 valence electrons. The number of rotatable bonds is 8. The largest absolute Gasteiger partial charge is 0.349 e. The third-order valence-corrected chi connectivity index (χ3v) is 7.88. The van der Waals surface area contributed by atoms with E-state index < -0.39 is 29.6 Å². The lowest BCUT2D eigenvalue weighted by Crippen LogP contribution is -2.49. The van der Waals surface area contributed by atoms with Gasteiger partial charge < -0.3 is 25.0 Å². The molecule has 10 nitrogen and oxygen atoms in total. The first-order chi connectivity index (χ1) is 19.3. The maximum Gasteiger partial charge on any atom is 0.251 e. The zero-order valence-electron chi connectivity index (χ0n) is 21.6. The Bertz CT molecular complexity index is 1440. The highest BCUT2D eigenvalue weighted by Gasteiger charge is 2.52. The summed E-state index contributed by atoms with van der Waals surface area (Å²) in [5, 5.41) is 9.90. The monoisotopic (exact) mass is 566 g/mol. The number of carbonyl (C=O) groups excluding carboxylic acids is 3. The average Bonchev–Trinajstić information content (AvgIpc) is 3.71. The molecule has 12 heteroatoms. The van der Waals surface area contributed by atoms with Crippen molar-refractivity contribution in [2.24, 2.45) is 5.18 Å². The van der Waals surface area contributed by atoms with Crippen LogP contribution < -0.4 is 10.6 Å². The van der Waals surface area contributed by atoms with Crippen LogP contribution in [0.3, 0.4) is 0 Å². The zero-order valence-corrected chi connectivity index (χ0v) is 22.5. The Labute approximate surface area is 233 Å². The van der Waals surface area contributed by atoms with Gasteiger partial charge in [0.2, 0.25) is 11.8 Å². The van der Waals surface area contributed by atoms with Crippen LogP contribution in [0, 0.1) is 17.6 Å². The number of benzene rings is 2. The van der Waals surface area contributed by atoms with E-state index in [1.54, 1.807) is 41.8 Å². The normalized spacial score (nSPS) is 17.6. The van der Waals surface area contributed by atoms with Crippen LogP contribution >= 0.6 is 11.3 Å². The molecule has 0 bridgehead atoms. The minimum absolute atomic E-state index is 0.0592. The van der Waals surface area contributed by atoms with Crippen molar-refractivity contribution in [1.29, 1.82) is 0 Å². The highest BCUT2D eigenvalue weighted by atomic mass is 32.1. The number of carbonyl (C=O) groups is 3. The fraction of sp³-hybridized carbons (Fsp3) is 0.321. The molecule has 0 radical (unpaired) electrons. The Kier molecular flexibility index (Phi) is 8.01. The number of amides is 3. The first kappa shape index (κ1) is 27.6. The highest BCUT2D eigenvalue weighted by Crippen LogP contribution is 2.35. The molecule has 40 heavy (non-hydrogen) atoms. The van der Waals surface area contributed by atoms with E-state index in [2.05, 4.69) is 15.8 Å². The number of nitrogens with zero attached hydrogens (tertiary/aromatic N) is 2. The molecule has 1 atom stereocenters. The summed E-state index contributed by atoms with van der Waals surface area (Å²) in [4.78, 5) is 51.9. The summed E-state index contributed by atoms with van der Waals surface area (Å²) < 4.78 is 24.9. The Balaban J connectivity index is 1.21. The van der Waals surface area contributed by atoms with E-state index in [1.165, 1.54) is 28.4 Å². The van der Waals surface area contributed by atoms with Gasteiger partial charge in [-0.25, -0.2) is 4.39 Å². The quantitative estimate of drug-likeness (QED) is 0.401. The fourth-order valence-corrected chi connectivity index (χ4v) is 5.68. The van der Waals surface area contributed by atoms with Gasteiger partial charge in [-0.05, 0) is 59.1 Å². The van der Waals surface area contributed by atoms with Crippen LogP contribution in [0.15, 0.2) is 59.1 Å². The number of ether oxygens (including phenoxy) is 2. The van der Waals surface area contributed by atoms with Crippen molar-refractivity contribution in [1.82, 2.24) is 15.5 Å². The number of hydrogen-bond donors (Lipinski definition) is 2. The first-order valence-corrected chi connectivity index (χ1v) is 13.6. The molecule has 2 fully saturated rings. The molecule has 3 heterocycles. The molecule has 0 saturated carbocycles. The van der Waals surface area contributed by atoms with Gasteiger partial charge in [-0.1, -0.05) is 18.2 Å². The topological polar surface area (TPSA) is 126 Å². The molecule has 0 aliphatic carbocycles. The molecule has 1 spiro atoms. The van der Waals surface area contributed by atoms with Crippen molar-refractivity contribution < 1.29 is 28.2 Å². The molecule has 2 aliphatic rings. The summed E-state index contributed by atoms with van der Waals surface area (Å²) in [5.41, 5.74) is 3.10. The molecule has 2 aliphatic heterocycles. The standard InChI is InChI=1S/C28H27FN4O6S/c1-17-10-20(29)6-7-23(17)18-2-4-19(5-3-18)26(35)31-14-25(34)33-16-28(38-8-9-39-28)12-24(33)27(36)30-13-22-11-21(32-37)15-40-22/h2-7,10-11,15,24H,8-9,12-14,16H2,1H3,(H,30,36)(H,31,35). The second kappa shape index (κ2) is 11.6. The summed E-state index contributed by atoms with van der Waals surface area (Å²) in [6, 6.07) is 12.0. The smallest absolute Gasteiger partial charge is 0.251 e. The van der Waals surface area contributed by atoms with E-state index in [0.29, 0.717) is 18.8 Å². The van der Waals surface area contributed by atoms with Crippen molar-refractivity contribution in [3.63, 3.8) is 0 Å². The lowest BCUT2D eigenvalue weighted by molar-refractivity contribution is -0.152. The van der Waals surface area contributed by atoms with E-state index in [-0.39, 0.29) is 37.6 Å². The number of nitrogens with one attached hydrogen (secondary N) is 2. The van der Waals surface area contributed by atoms with Crippen LogP contribution in [0.5, 0.6) is 0 Å². The molecule has 2 aromatic carbocycles. The van der Waals surface area contributed by atoms with Gasteiger partial charge in [0.15, 0.2) is 5.79 Å². The van der Waals surface area contributed by atoms with E-state index in [1.807, 2.05) is 6.92 Å². The minimum atomic E-state index is -1.06. The van der Waals surface area contributed by atoms with Crippen LogP contribution in [-0.4, -0.2) is 60.8 Å². The van der Waals surface area contributed by atoms with E-state index in [0.717, 1.165) is 21.6 Å². The average molecular weight is 567 g/mol. The number of halogens is 1. The van der Waals surface area contributed by atoms with Crippen molar-refractivity contribution in [3.8, 4) is 11.1 Å². The fourth-order valence-electron chi connectivity index (χ4n) is 4.95. The summed E-state index contributed by atoms with van der Waals surface area (Å²) >= 11 is 1.29. The highest BCUT2D eigenvalue weighted by molar-refractivity contribution is 7.10. The number of thiophene rings is 1. The van der Waals surface area contributed by atoms with Crippen molar-refractivity contribution in [3.05, 3.63) is 80.6 Å². The van der Waals surface area contributed by atoms with Gasteiger partial charge in [0.05, 0.1) is 32.8 Å². The molecule has 1 aromatic heterocycles. The third kappa shape index (κ3) is 5.93. The maximum atomic E-state index is 13.4. The van der Waals surface area contributed by atoms with E-state index >= 15 is 0 Å². The van der Waals surface area contributed by atoms with Gasteiger partial charge >= 0.3 is 0 Å². The van der Waals surface area contributed by atoms with Gasteiger partial charge in [-0.3, -0.25) is 14.4 Å². The van der Waals surface area contributed by atoms with Gasteiger partial charge in [-0.2, -0.15) is 0 Å². The maximum absolute atomic E-state index is 13.4. The predicted molar refractivity (Wildman–Crippen MR) is 145 cm³/mol. The van der Waals surface area contributed by atoms with Crippen LogP contribution in [0.25, 0.3) is 11.1 Å². The third-order valence-electron chi connectivity index (χ3n) is 6.96. The molecular formula is C28H27FN4O6S. The van der Waals surface area contributed by atoms with Gasteiger partial charge in [0.1, 0.15) is 17.5 Å². The first-order valence-electron chi connectivity index (χ1n) is 12.7. The molecule has 2 N–H and O–H groups in total. The number of nitroso groups, excluding NO2 is 1. The molecule has 2 saturated heterocycles. The SMILES string of the molecule is Cc1cc(F)ccc1-c1ccc(C(=O)NCC(=O)N2CC3(CC2C(=O)NCc2cc(N=O)cs2)OCCO3)cc1. The van der Waals surface area contributed by atoms with Crippen LogP contribution in [0.2, 0.25) is 0 Å². The zero-order chi connectivity index (χ0) is 28.3. The molecular weight excluding hydrogens is 539 g/mol. The summed E-state index contributed by atoms with van der Waals surface area (Å²) in [5.74, 6) is -2.67. The van der Waals surface area contributed by atoms with Gasteiger partial charge in [-0.15, -0.1) is 16.2 Å². The Hall–Kier alpha value is -4.00. The Morgan fingerprint density at radius 1 is 1.10 bits per heavy atom. The lowest BCUT2D eigenvalue weighted by atomic mass is 9.99. The summed E-state index contributed by atoms with van der Waals surface area (Å²) in [6.45, 7) is 2.44. The summed E-state index contributed by atoms with van der Waals surface area (Å²) in [6.07, 6.45) is 0.161. The Morgan fingerprint density at radius 3 is 2.52 bits per heavy atom. The van der Waals surface area contributed by atoms with Crippen molar-refractivity contribution >= 4 is 34.7 Å². The Morgan fingerprint density at radius 2 is 1.85 bits per heavy atom. The number of aryl methyl sites for hydroxylation is 1. The van der Waals surface area contributed by atoms with Crippen LogP contribution in [0.1, 0.15) is 27.2 Å². The molecule has 1 unspecified atom stereocenters. The second-order valence-electron chi connectivity index (χ2n) is 9.65. The van der Waals surface area contributed by atoms with Gasteiger partial charge in [0, 0.05) is 22.2 Å². The predicted octanol–water partition coefficient (Wildman–Crippen LogP) is 3.65. The van der Waals surface area contributed by atoms with E-state index in [9.17, 15) is 23.7 Å². The van der Waals surface area contributed by atoms with Crippen molar-refractivity contribution in [2.75, 3.05) is 26.3 Å². The van der Waals surface area contributed by atoms with Crippen molar-refractivity contribution in [2.45, 2.75) is 31.7 Å². The minimum Gasteiger partial charge on any atom is -0.349 e. The molecule has 3 amide bonds. The second-order valence-corrected chi connectivity index (χ2v) is 10.6. The number of likely N-dealkylation sites (tertiary alicyclic amines) is 1.